The molecule has 1 saturated carbocycles. The average molecular weight is 449 g/mol. The second kappa shape index (κ2) is 10.6. The molecule has 2 heterocycles. The topological polar surface area (TPSA) is 105 Å². The number of hydrogen-bond acceptors (Lipinski definition) is 6. The highest BCUT2D eigenvalue weighted by atomic mass is 32.1. The molecule has 0 saturated heterocycles. The lowest BCUT2D eigenvalue weighted by Crippen LogP contribution is -2.42. The molecule has 3 rings (SSSR count). The van der Waals surface area contributed by atoms with Gasteiger partial charge in [0, 0.05) is 18.3 Å². The number of H-pyrrole nitrogens is 1. The normalized spacial score (nSPS) is 15.5. The van der Waals surface area contributed by atoms with Crippen molar-refractivity contribution in [2.24, 2.45) is 5.92 Å². The number of anilines is 1. The lowest BCUT2D eigenvalue weighted by molar-refractivity contribution is -0.126. The van der Waals surface area contributed by atoms with Gasteiger partial charge in [0.15, 0.2) is 9.90 Å². The Hall–Kier alpha value is -2.33. The number of nitrogens with zero attached hydrogens (tertiary/aromatic N) is 3. The van der Waals surface area contributed by atoms with Gasteiger partial charge in [0.1, 0.15) is 11.9 Å². The van der Waals surface area contributed by atoms with Crippen LogP contribution in [0.25, 0.3) is 0 Å². The Morgan fingerprint density at radius 2 is 2.20 bits per heavy atom. The van der Waals surface area contributed by atoms with E-state index in [2.05, 4.69) is 32.4 Å². The summed E-state index contributed by atoms with van der Waals surface area (Å²) in [6.07, 6.45) is 8.59. The number of nitrogens with one attached hydrogen (secondary N) is 3. The molecule has 10 heteroatoms. The van der Waals surface area contributed by atoms with Crippen LogP contribution in [0.2, 0.25) is 0 Å². The van der Waals surface area contributed by atoms with E-state index in [1.165, 1.54) is 30.6 Å². The molecule has 0 aliphatic heterocycles. The van der Waals surface area contributed by atoms with Crippen LogP contribution in [0.15, 0.2) is 18.0 Å². The number of rotatable bonds is 9. The molecule has 1 atom stereocenters. The summed E-state index contributed by atoms with van der Waals surface area (Å²) in [6.45, 7) is 5.99. The molecule has 0 aromatic carbocycles. The second-order valence-electron chi connectivity index (χ2n) is 7.65. The van der Waals surface area contributed by atoms with Gasteiger partial charge in [-0.15, -0.1) is 17.9 Å². The minimum absolute atomic E-state index is 0.0607. The van der Waals surface area contributed by atoms with Gasteiger partial charge in [-0.05, 0) is 37.9 Å². The molecule has 8 nitrogen and oxygen atoms in total. The highest BCUT2D eigenvalue weighted by Gasteiger charge is 2.21. The third-order valence-electron chi connectivity index (χ3n) is 5.24. The van der Waals surface area contributed by atoms with Crippen molar-refractivity contribution in [1.29, 1.82) is 0 Å². The van der Waals surface area contributed by atoms with E-state index in [0.717, 1.165) is 24.4 Å². The van der Waals surface area contributed by atoms with Gasteiger partial charge in [-0.1, -0.05) is 25.3 Å². The van der Waals surface area contributed by atoms with Crippen LogP contribution in [-0.2, 0) is 22.6 Å². The van der Waals surface area contributed by atoms with E-state index >= 15 is 0 Å². The number of hydrogen-bond donors (Lipinski definition) is 3. The highest BCUT2D eigenvalue weighted by molar-refractivity contribution is 7.71. The quantitative estimate of drug-likeness (QED) is 0.402. The number of amides is 2. The van der Waals surface area contributed by atoms with Gasteiger partial charge in [0.25, 0.3) is 0 Å². The first-order valence-corrected chi connectivity index (χ1v) is 11.5. The third-order valence-corrected chi connectivity index (χ3v) is 6.36. The van der Waals surface area contributed by atoms with Gasteiger partial charge < -0.3 is 10.6 Å². The van der Waals surface area contributed by atoms with Gasteiger partial charge in [-0.25, -0.2) is 4.98 Å². The molecule has 30 heavy (non-hydrogen) atoms. The summed E-state index contributed by atoms with van der Waals surface area (Å²) in [5.41, 5.74) is 0.781. The minimum Gasteiger partial charge on any atom is -0.345 e. The molecule has 0 radical (unpaired) electrons. The van der Waals surface area contributed by atoms with Crippen molar-refractivity contribution in [3.8, 4) is 0 Å². The maximum absolute atomic E-state index is 12.4. The molecule has 1 aliphatic carbocycles. The predicted octanol–water partition coefficient (Wildman–Crippen LogP) is 3.59. The highest BCUT2D eigenvalue weighted by Crippen LogP contribution is 2.26. The molecule has 0 bridgehead atoms. The van der Waals surface area contributed by atoms with E-state index in [9.17, 15) is 9.59 Å². The SMILES string of the molecule is C=CCn1c(Cc2csc(NC(=O)C(C)NC(=O)CC3CCCCC3)n2)n[nH]c1=S. The number of aromatic amines is 1. The summed E-state index contributed by atoms with van der Waals surface area (Å²) in [5.74, 6) is 0.861. The Labute approximate surface area is 185 Å². The number of aromatic nitrogens is 4. The van der Waals surface area contributed by atoms with E-state index < -0.39 is 6.04 Å². The van der Waals surface area contributed by atoms with Crippen molar-refractivity contribution in [1.82, 2.24) is 25.1 Å². The largest absolute Gasteiger partial charge is 0.345 e. The molecule has 1 aliphatic rings. The molecule has 3 N–H and O–H groups in total. The summed E-state index contributed by atoms with van der Waals surface area (Å²) in [4.78, 5) is 29.1. The van der Waals surface area contributed by atoms with Crippen LogP contribution < -0.4 is 10.6 Å². The molecule has 0 spiro atoms. The van der Waals surface area contributed by atoms with Crippen molar-refractivity contribution in [3.05, 3.63) is 34.3 Å². The van der Waals surface area contributed by atoms with Gasteiger partial charge >= 0.3 is 0 Å². The molecule has 2 amide bonds. The molecule has 1 fully saturated rings. The van der Waals surface area contributed by atoms with E-state index in [1.807, 2.05) is 9.95 Å². The number of allylic oxidation sites excluding steroid dienone is 1. The molecule has 2 aromatic rings. The maximum Gasteiger partial charge on any atom is 0.248 e. The predicted molar refractivity (Wildman–Crippen MR) is 120 cm³/mol. The number of carbonyl (C=O) groups is 2. The van der Waals surface area contributed by atoms with Gasteiger partial charge in [0.2, 0.25) is 11.8 Å². The number of carbonyl (C=O) groups excluding carboxylic acids is 2. The lowest BCUT2D eigenvalue weighted by Gasteiger charge is -2.21. The first-order valence-electron chi connectivity index (χ1n) is 10.3. The number of thiazole rings is 1. The molecule has 1 unspecified atom stereocenters. The van der Waals surface area contributed by atoms with Crippen molar-refractivity contribution in [2.75, 3.05) is 5.32 Å². The summed E-state index contributed by atoms with van der Waals surface area (Å²) in [7, 11) is 0. The molecule has 162 valence electrons. The summed E-state index contributed by atoms with van der Waals surface area (Å²) in [5, 5.41) is 15.0. The van der Waals surface area contributed by atoms with Crippen LogP contribution in [0.3, 0.4) is 0 Å². The van der Waals surface area contributed by atoms with Crippen LogP contribution in [0.1, 0.15) is 57.0 Å². The van der Waals surface area contributed by atoms with E-state index in [1.54, 1.807) is 13.0 Å². The smallest absolute Gasteiger partial charge is 0.248 e. The lowest BCUT2D eigenvalue weighted by atomic mass is 9.87. The first-order chi connectivity index (χ1) is 14.5. The summed E-state index contributed by atoms with van der Waals surface area (Å²) in [6, 6.07) is -0.614. The summed E-state index contributed by atoms with van der Waals surface area (Å²) >= 11 is 6.56. The average Bonchev–Trinajstić information content (AvgIpc) is 3.30. The van der Waals surface area contributed by atoms with Gasteiger partial charge in [-0.2, -0.15) is 5.10 Å². The monoisotopic (exact) mass is 448 g/mol. The zero-order valence-electron chi connectivity index (χ0n) is 17.1. The standard InChI is InChI=1S/C20H28N6O2S2/c1-3-9-26-16(24-25-20(26)29)11-15-12-30-19(22-15)23-18(28)13(2)21-17(27)10-14-7-5-4-6-8-14/h3,12-14H,1,4-11H2,2H3,(H,21,27)(H,25,29)(H,22,23,28). The van der Waals surface area contributed by atoms with Crippen molar-refractivity contribution in [3.63, 3.8) is 0 Å². The fourth-order valence-electron chi connectivity index (χ4n) is 3.64. The fraction of sp³-hybridized carbons (Fsp3) is 0.550. The molecular weight excluding hydrogens is 420 g/mol. The van der Waals surface area contributed by atoms with Crippen LogP contribution in [0.4, 0.5) is 5.13 Å². The van der Waals surface area contributed by atoms with E-state index in [4.69, 9.17) is 12.2 Å². The van der Waals surface area contributed by atoms with E-state index in [0.29, 0.717) is 35.2 Å². The Balaban J connectivity index is 1.51. The third kappa shape index (κ3) is 6.09. The Bertz CT molecular complexity index is 941. The van der Waals surface area contributed by atoms with Crippen LogP contribution in [0, 0.1) is 10.7 Å². The zero-order chi connectivity index (χ0) is 21.5. The van der Waals surface area contributed by atoms with Crippen molar-refractivity contribution < 1.29 is 9.59 Å². The second-order valence-corrected chi connectivity index (χ2v) is 8.90. The van der Waals surface area contributed by atoms with Crippen molar-refractivity contribution >= 4 is 40.5 Å². The van der Waals surface area contributed by atoms with Crippen LogP contribution >= 0.6 is 23.6 Å². The Morgan fingerprint density at radius 3 is 2.93 bits per heavy atom. The minimum atomic E-state index is -0.614. The van der Waals surface area contributed by atoms with Crippen molar-refractivity contribution in [2.45, 2.75) is 64.5 Å². The van der Waals surface area contributed by atoms with Gasteiger partial charge in [0.05, 0.1) is 12.1 Å². The summed E-state index contributed by atoms with van der Waals surface area (Å²) < 4.78 is 2.38. The van der Waals surface area contributed by atoms with Crippen LogP contribution in [-0.4, -0.2) is 37.6 Å². The Kier molecular flexibility index (Phi) is 7.92. The van der Waals surface area contributed by atoms with Gasteiger partial charge in [-0.3, -0.25) is 19.3 Å². The Morgan fingerprint density at radius 1 is 1.43 bits per heavy atom. The van der Waals surface area contributed by atoms with E-state index in [-0.39, 0.29) is 11.8 Å². The maximum atomic E-state index is 12.4. The molecule has 2 aromatic heterocycles. The fourth-order valence-corrected chi connectivity index (χ4v) is 4.58. The molecular formula is C20H28N6O2S2. The van der Waals surface area contributed by atoms with Crippen LogP contribution in [0.5, 0.6) is 0 Å². The zero-order valence-corrected chi connectivity index (χ0v) is 18.8. The first kappa shape index (κ1) is 22.4.